The van der Waals surface area contributed by atoms with E-state index in [0.29, 0.717) is 64.2 Å². The first-order chi connectivity index (χ1) is 36.3. The standard InChI is InChI=1S/C51H80O25/c52-19-34-39(60)42(63)45(66)49(73-34)71-32-17-27(55)16-31-28(32)18-33(47(70-31)24-6-10-26(54)11-7-24)72-51-48(44(65)41(62)36(75-51)21-69-37(58)13-4-22-1-8-25(53)9-2-22)76-50-46(67)43(64)40(61)35(74-50)20-68-38(59)14-5-23-3-12-29(56)30(57)15-23/h4-5,13-14,22-36,39-57,60-67H,1-3,6-12,15-21H2/p+1. The van der Waals surface area contributed by atoms with Crippen LogP contribution in [0.15, 0.2) is 24.3 Å². The van der Waals surface area contributed by atoms with Gasteiger partial charge < -0.3 is 114 Å². The van der Waals surface area contributed by atoms with E-state index >= 15 is 0 Å². The molecule has 434 valence electrons. The Morgan fingerprint density at radius 3 is 1.59 bits per heavy atom. The Labute approximate surface area is 439 Å². The van der Waals surface area contributed by atoms with Crippen LogP contribution in [0, 0.1) is 23.7 Å². The molecule has 8 aliphatic rings. The second kappa shape index (κ2) is 26.9. The smallest absolute Gasteiger partial charge is 0.330 e. The average Bonchev–Trinajstić information content (AvgIpc) is 3.41. The molecule has 25 nitrogen and oxygen atoms in total. The van der Waals surface area contributed by atoms with Crippen molar-refractivity contribution in [2.24, 2.45) is 23.7 Å². The molecule has 0 spiro atoms. The molecule has 24 atom stereocenters. The van der Waals surface area contributed by atoms with Gasteiger partial charge in [-0.25, -0.2) is 9.59 Å². The first-order valence-corrected chi connectivity index (χ1v) is 27.1. The minimum atomic E-state index is -2.02. The normalized spacial score (nSPS) is 48.6. The maximum atomic E-state index is 13.0. The van der Waals surface area contributed by atoms with Crippen molar-refractivity contribution in [1.29, 1.82) is 0 Å². The summed E-state index contributed by atoms with van der Waals surface area (Å²) in [7, 11) is 0. The lowest BCUT2D eigenvalue weighted by Gasteiger charge is -2.50. The third-order valence-electron chi connectivity index (χ3n) is 16.9. The molecule has 76 heavy (non-hydrogen) atoms. The van der Waals surface area contributed by atoms with Crippen molar-refractivity contribution in [3.63, 3.8) is 0 Å². The van der Waals surface area contributed by atoms with Crippen molar-refractivity contribution >= 4 is 11.9 Å². The van der Waals surface area contributed by atoms with E-state index in [0.717, 1.165) is 6.08 Å². The lowest BCUT2D eigenvalue weighted by atomic mass is 9.73. The van der Waals surface area contributed by atoms with E-state index < -0.39 is 185 Å². The number of carbonyl (C=O) groups is 2. The molecule has 4 saturated heterocycles. The Morgan fingerprint density at radius 1 is 0.474 bits per heavy atom. The highest BCUT2D eigenvalue weighted by Crippen LogP contribution is 2.44. The van der Waals surface area contributed by atoms with Crippen LogP contribution in [0.3, 0.4) is 0 Å². The van der Waals surface area contributed by atoms with Gasteiger partial charge in [-0.05, 0) is 88.9 Å². The topological polar surface area (TPSA) is 404 Å². The van der Waals surface area contributed by atoms with Crippen LogP contribution in [0.25, 0.3) is 0 Å². The molecule has 0 aromatic rings. The Bertz CT molecular complexity index is 1900. The van der Waals surface area contributed by atoms with Crippen molar-refractivity contribution in [3.8, 4) is 0 Å². The number of ether oxygens (including phenoxy) is 9. The predicted octanol–water partition coefficient (Wildman–Crippen LogP) is -4.54. The molecular formula is C51H81O25+. The summed E-state index contributed by atoms with van der Waals surface area (Å²) < 4.78 is 53.3. The van der Waals surface area contributed by atoms with Crippen molar-refractivity contribution in [2.45, 2.75) is 237 Å². The quantitative estimate of drug-likeness (QED) is 0.0393. The molecule has 0 aromatic carbocycles. The van der Waals surface area contributed by atoms with Gasteiger partial charge in [-0.2, -0.15) is 0 Å². The monoisotopic (exact) mass is 1090 g/mol. The number of rotatable bonds is 16. The lowest BCUT2D eigenvalue weighted by molar-refractivity contribution is -0.389. The molecule has 25 heteroatoms. The van der Waals surface area contributed by atoms with Gasteiger partial charge in [0.15, 0.2) is 31.1 Å². The molecule has 0 radical (unpaired) electrons. The molecular weight excluding hydrogens is 1010 g/mol. The van der Waals surface area contributed by atoms with E-state index in [1.165, 1.54) is 12.2 Å². The van der Waals surface area contributed by atoms with Gasteiger partial charge in [-0.15, -0.1) is 0 Å². The number of esters is 2. The summed E-state index contributed by atoms with van der Waals surface area (Å²) in [5, 5.41) is 150. The summed E-state index contributed by atoms with van der Waals surface area (Å²) in [6.07, 6.45) is -21.6. The third kappa shape index (κ3) is 14.5. The number of aliphatic hydroxyl groups is 16. The summed E-state index contributed by atoms with van der Waals surface area (Å²) in [5.74, 6) is -2.65. The minimum absolute atomic E-state index is 0.00733. The Hall–Kier alpha value is -2.42. The zero-order chi connectivity index (χ0) is 54.5. The second-order valence-electron chi connectivity index (χ2n) is 22.2. The maximum absolute atomic E-state index is 13.0. The highest BCUT2D eigenvalue weighted by molar-refractivity contribution is 5.82. The van der Waals surface area contributed by atoms with Gasteiger partial charge in [0.05, 0.1) is 49.1 Å². The van der Waals surface area contributed by atoms with E-state index in [4.69, 9.17) is 42.6 Å². The molecule has 0 amide bonds. The number of aliphatic hydroxyl groups excluding tert-OH is 14. The second-order valence-corrected chi connectivity index (χ2v) is 22.2. The SMILES string of the molecule is O=C(C=CC1CCC(O)C(O)C1)OCC1OC(OC2C(OC3CC4C(OC5OC(CO)C(O)C(O)C5O)CC(O)CC4[OH+]C3C3CCC(O)CC3)OC(COC(=O)C=CC3CCC(O)CC3)C(O)C2O)C(O)C(O)C1O. The molecule has 0 bridgehead atoms. The zero-order valence-corrected chi connectivity index (χ0v) is 42.3. The summed E-state index contributed by atoms with van der Waals surface area (Å²) in [4.78, 5) is 25.8. The van der Waals surface area contributed by atoms with Gasteiger partial charge in [0, 0.05) is 30.9 Å². The van der Waals surface area contributed by atoms with E-state index in [1.807, 2.05) is 0 Å². The summed E-state index contributed by atoms with van der Waals surface area (Å²) in [6.45, 7) is -1.98. The van der Waals surface area contributed by atoms with Gasteiger partial charge in [0.25, 0.3) is 0 Å². The molecule has 4 aliphatic carbocycles. The molecule has 24 unspecified atom stereocenters. The first-order valence-electron chi connectivity index (χ1n) is 27.1. The van der Waals surface area contributed by atoms with Crippen LogP contribution in [0.1, 0.15) is 89.9 Å². The molecule has 4 saturated carbocycles. The molecule has 4 aliphatic heterocycles. The molecule has 8 rings (SSSR count). The summed E-state index contributed by atoms with van der Waals surface area (Å²) >= 11 is 0. The van der Waals surface area contributed by atoms with Crippen LogP contribution >= 0.6 is 0 Å². The summed E-state index contributed by atoms with van der Waals surface area (Å²) in [5.41, 5.74) is 0. The average molecular weight is 1090 g/mol. The number of hydrogen-bond donors (Lipinski definition) is 14. The lowest BCUT2D eigenvalue weighted by Crippen LogP contribution is -2.66. The first kappa shape index (κ1) is 59.7. The fourth-order valence-corrected chi connectivity index (χ4v) is 12.2. The van der Waals surface area contributed by atoms with Crippen molar-refractivity contribution in [3.05, 3.63) is 24.3 Å². The molecule has 15 N–H and O–H groups in total. The largest absolute Gasteiger partial charge is 0.460 e. The van der Waals surface area contributed by atoms with Crippen LogP contribution < -0.4 is 0 Å². The fourth-order valence-electron chi connectivity index (χ4n) is 12.2. The molecule has 8 fully saturated rings. The highest BCUT2D eigenvalue weighted by Gasteiger charge is 2.58. The van der Waals surface area contributed by atoms with Crippen LogP contribution in [0.2, 0.25) is 0 Å². The van der Waals surface area contributed by atoms with Gasteiger partial charge >= 0.3 is 11.9 Å². The van der Waals surface area contributed by atoms with Gasteiger partial charge in [-0.1, -0.05) is 12.2 Å². The Balaban J connectivity index is 1.03. The molecule has 4 heterocycles. The van der Waals surface area contributed by atoms with Crippen LogP contribution in [-0.4, -0.2) is 255 Å². The van der Waals surface area contributed by atoms with E-state index in [1.54, 1.807) is 6.08 Å². The van der Waals surface area contributed by atoms with Crippen molar-refractivity contribution < 1.29 is 124 Å². The van der Waals surface area contributed by atoms with E-state index in [2.05, 4.69) is 0 Å². The molecule has 0 aromatic heterocycles. The van der Waals surface area contributed by atoms with Crippen LogP contribution in [0.5, 0.6) is 0 Å². The van der Waals surface area contributed by atoms with Gasteiger partial charge in [-0.3, -0.25) is 0 Å². The maximum Gasteiger partial charge on any atom is 0.330 e. The van der Waals surface area contributed by atoms with Crippen molar-refractivity contribution in [2.75, 3.05) is 19.8 Å². The van der Waals surface area contributed by atoms with Crippen molar-refractivity contribution in [1.82, 2.24) is 0 Å². The van der Waals surface area contributed by atoms with E-state index in [9.17, 15) is 81.1 Å². The van der Waals surface area contributed by atoms with Crippen LogP contribution in [-0.2, 0) is 47.5 Å². The number of allylic oxidation sites excluding steroid dienone is 2. The minimum Gasteiger partial charge on any atom is -0.460 e. The van der Waals surface area contributed by atoms with Gasteiger partial charge in [0.1, 0.15) is 92.6 Å². The Kier molecular flexibility index (Phi) is 21.1. The zero-order valence-electron chi connectivity index (χ0n) is 42.3. The fraction of sp³-hybridized carbons (Fsp3) is 0.882. The highest BCUT2D eigenvalue weighted by atomic mass is 16.8. The number of fused-ring (bicyclic) bond motifs is 1. The number of hydrogen-bond acceptors (Lipinski definition) is 24. The number of carbonyl (C=O) groups excluding carboxylic acids is 2. The van der Waals surface area contributed by atoms with Gasteiger partial charge in [0.2, 0.25) is 0 Å². The van der Waals surface area contributed by atoms with Crippen LogP contribution in [0.4, 0.5) is 0 Å². The van der Waals surface area contributed by atoms with E-state index in [-0.39, 0.29) is 43.4 Å². The third-order valence-corrected chi connectivity index (χ3v) is 16.9. The Morgan fingerprint density at radius 2 is 0.987 bits per heavy atom. The summed E-state index contributed by atoms with van der Waals surface area (Å²) in [6, 6.07) is 0. The predicted molar refractivity (Wildman–Crippen MR) is 254 cm³/mol.